The highest BCUT2D eigenvalue weighted by Crippen LogP contribution is 2.15. The van der Waals surface area contributed by atoms with Crippen molar-refractivity contribution >= 4 is 17.9 Å². The largest absolute Gasteiger partial charge is 0.462 e. The summed E-state index contributed by atoms with van der Waals surface area (Å²) in [5, 5.41) is 0. The third kappa shape index (κ3) is 63.7. The van der Waals surface area contributed by atoms with Crippen LogP contribution in [-0.2, 0) is 28.6 Å². The van der Waals surface area contributed by atoms with Gasteiger partial charge in [-0.3, -0.25) is 14.4 Å². The molecule has 0 rings (SSSR count). The van der Waals surface area contributed by atoms with Crippen molar-refractivity contribution in [3.05, 3.63) is 158 Å². The van der Waals surface area contributed by atoms with Gasteiger partial charge in [-0.1, -0.05) is 269 Å². The van der Waals surface area contributed by atoms with E-state index < -0.39 is 12.1 Å². The lowest BCUT2D eigenvalue weighted by Gasteiger charge is -2.18. The Bertz CT molecular complexity index is 1780. The van der Waals surface area contributed by atoms with Gasteiger partial charge in [-0.15, -0.1) is 0 Å². The molecule has 0 aromatic heterocycles. The van der Waals surface area contributed by atoms with Crippen LogP contribution in [0.15, 0.2) is 158 Å². The van der Waals surface area contributed by atoms with Crippen LogP contribution in [0.3, 0.4) is 0 Å². The zero-order valence-electron chi connectivity index (χ0n) is 50.8. The van der Waals surface area contributed by atoms with E-state index in [9.17, 15) is 14.4 Å². The Morgan fingerprint density at radius 3 is 0.823 bits per heavy atom. The zero-order valence-corrected chi connectivity index (χ0v) is 50.8. The Labute approximate surface area is 486 Å². The van der Waals surface area contributed by atoms with Crippen LogP contribution in [-0.4, -0.2) is 37.2 Å². The van der Waals surface area contributed by atoms with Crippen molar-refractivity contribution in [1.29, 1.82) is 0 Å². The van der Waals surface area contributed by atoms with E-state index >= 15 is 0 Å². The fourth-order valence-electron chi connectivity index (χ4n) is 8.29. The van der Waals surface area contributed by atoms with Crippen LogP contribution >= 0.6 is 0 Å². The summed E-state index contributed by atoms with van der Waals surface area (Å²) >= 11 is 0. The van der Waals surface area contributed by atoms with Gasteiger partial charge in [-0.25, -0.2) is 0 Å². The van der Waals surface area contributed by atoms with Gasteiger partial charge in [0.05, 0.1) is 0 Å². The van der Waals surface area contributed by atoms with Gasteiger partial charge < -0.3 is 14.2 Å². The standard InChI is InChI=1S/C73H116O6/c1-4-7-10-13-16-19-22-25-28-30-32-33-34-35-36-37-38-39-41-42-45-48-51-54-57-60-63-66-72(75)78-69-70(68-77-71(74)65-62-59-56-53-50-47-44-27-24-21-18-15-12-9-6-3)79-73(76)67-64-61-58-55-52-49-46-43-40-31-29-26-23-20-17-14-11-8-5-2/h7-8,10-11,16-21,25-29,32-33,35-36,40,43-44,49,52,58,61,70H,4-6,9,12-15,22-24,30-31,34,37-39,41-42,45-48,50-51,53-57,59-60,62-69H2,1-3H3/b10-7-,11-8-,19-16-,20-17-,21-18-,28-25-,29-26-,33-32-,36-35-,43-40-,44-27-,52-49-,61-58-. The summed E-state index contributed by atoms with van der Waals surface area (Å²) in [7, 11) is 0. The molecule has 0 bridgehead atoms. The Morgan fingerprint density at radius 2 is 0.519 bits per heavy atom. The van der Waals surface area contributed by atoms with Crippen LogP contribution in [0, 0.1) is 0 Å². The zero-order chi connectivity index (χ0) is 57.1. The summed E-state index contributed by atoms with van der Waals surface area (Å²) in [6.45, 7) is 6.31. The third-order valence-corrected chi connectivity index (χ3v) is 13.0. The maximum absolute atomic E-state index is 12.9. The molecule has 0 amide bonds. The molecule has 0 aliphatic carbocycles. The van der Waals surface area contributed by atoms with Crippen LogP contribution in [0.1, 0.15) is 265 Å². The minimum Gasteiger partial charge on any atom is -0.462 e. The second kappa shape index (κ2) is 65.5. The second-order valence-electron chi connectivity index (χ2n) is 20.5. The lowest BCUT2D eigenvalue weighted by molar-refractivity contribution is -0.166. The second-order valence-corrected chi connectivity index (χ2v) is 20.5. The smallest absolute Gasteiger partial charge is 0.306 e. The van der Waals surface area contributed by atoms with Gasteiger partial charge in [0, 0.05) is 19.3 Å². The first-order valence-corrected chi connectivity index (χ1v) is 32.0. The molecular formula is C73H116O6. The van der Waals surface area contributed by atoms with Crippen molar-refractivity contribution in [2.45, 2.75) is 271 Å². The summed E-state index contributed by atoms with van der Waals surface area (Å²) in [6.07, 6.45) is 95.4. The number of rotatable bonds is 56. The Morgan fingerprint density at radius 1 is 0.266 bits per heavy atom. The SMILES string of the molecule is CC/C=C\C/C=C\C/C=C\C/C=C\C/C=C\C/C=C\CCC(=O)OC(COC(=O)CCCCCCC/C=C\C/C=C\CCCCC)COC(=O)CCCCCCCCCCCCC/C=C\C/C=C\C/C=C\C/C=C\C/C=C\CC. The molecule has 0 saturated carbocycles. The molecule has 444 valence electrons. The lowest BCUT2D eigenvalue weighted by Crippen LogP contribution is -2.30. The molecule has 0 N–H and O–H groups in total. The van der Waals surface area contributed by atoms with Gasteiger partial charge in [0.25, 0.3) is 0 Å². The number of esters is 3. The maximum Gasteiger partial charge on any atom is 0.306 e. The van der Waals surface area contributed by atoms with E-state index in [1.165, 1.54) is 83.5 Å². The lowest BCUT2D eigenvalue weighted by atomic mass is 10.0. The Hall–Kier alpha value is -4.97. The van der Waals surface area contributed by atoms with Crippen molar-refractivity contribution < 1.29 is 28.6 Å². The molecule has 0 aromatic rings. The number of unbranched alkanes of at least 4 members (excludes halogenated alkanes) is 19. The first-order chi connectivity index (χ1) is 39.0. The average molecular weight is 1090 g/mol. The molecular weight excluding hydrogens is 973 g/mol. The summed E-state index contributed by atoms with van der Waals surface area (Å²) < 4.78 is 16.8. The van der Waals surface area contributed by atoms with Crippen molar-refractivity contribution in [2.24, 2.45) is 0 Å². The van der Waals surface area contributed by atoms with Crippen LogP contribution in [0.4, 0.5) is 0 Å². The summed E-state index contributed by atoms with van der Waals surface area (Å²) in [5.41, 5.74) is 0. The number of allylic oxidation sites excluding steroid dienone is 26. The van der Waals surface area contributed by atoms with Crippen LogP contribution < -0.4 is 0 Å². The van der Waals surface area contributed by atoms with E-state index in [4.69, 9.17) is 14.2 Å². The highest BCUT2D eigenvalue weighted by Gasteiger charge is 2.19. The molecule has 0 fully saturated rings. The Balaban J connectivity index is 4.46. The molecule has 79 heavy (non-hydrogen) atoms. The number of ether oxygens (including phenoxy) is 3. The van der Waals surface area contributed by atoms with Crippen LogP contribution in [0.25, 0.3) is 0 Å². The third-order valence-electron chi connectivity index (χ3n) is 13.0. The molecule has 0 heterocycles. The van der Waals surface area contributed by atoms with Crippen molar-refractivity contribution in [3.8, 4) is 0 Å². The van der Waals surface area contributed by atoms with E-state index in [0.717, 1.165) is 135 Å². The normalized spacial score (nSPS) is 13.2. The minimum atomic E-state index is -0.834. The van der Waals surface area contributed by atoms with Crippen LogP contribution in [0.2, 0.25) is 0 Å². The van der Waals surface area contributed by atoms with Crippen molar-refractivity contribution in [1.82, 2.24) is 0 Å². The molecule has 6 nitrogen and oxygen atoms in total. The van der Waals surface area contributed by atoms with Gasteiger partial charge in [0.1, 0.15) is 13.2 Å². The quantitative estimate of drug-likeness (QED) is 0.0261. The molecule has 0 aliphatic rings. The highest BCUT2D eigenvalue weighted by atomic mass is 16.6. The summed E-state index contributed by atoms with van der Waals surface area (Å²) in [6, 6.07) is 0. The number of carbonyl (C=O) groups excluding carboxylic acids is 3. The highest BCUT2D eigenvalue weighted by molar-refractivity contribution is 5.71. The predicted molar refractivity (Wildman–Crippen MR) is 343 cm³/mol. The van der Waals surface area contributed by atoms with E-state index in [0.29, 0.717) is 19.3 Å². The summed E-state index contributed by atoms with van der Waals surface area (Å²) in [5.74, 6) is -1.02. The van der Waals surface area contributed by atoms with Crippen LogP contribution in [0.5, 0.6) is 0 Å². The van der Waals surface area contributed by atoms with Gasteiger partial charge in [0.15, 0.2) is 6.10 Å². The fraction of sp³-hybridized carbons (Fsp3) is 0.603. The first kappa shape index (κ1) is 74.0. The monoisotopic (exact) mass is 1090 g/mol. The molecule has 0 aliphatic heterocycles. The molecule has 6 heteroatoms. The van der Waals surface area contributed by atoms with E-state index in [1.807, 2.05) is 12.2 Å². The van der Waals surface area contributed by atoms with Gasteiger partial charge >= 0.3 is 17.9 Å². The number of hydrogen-bond acceptors (Lipinski definition) is 6. The first-order valence-electron chi connectivity index (χ1n) is 32.0. The number of carbonyl (C=O) groups is 3. The summed E-state index contributed by atoms with van der Waals surface area (Å²) in [4.78, 5) is 38.3. The molecule has 0 saturated heterocycles. The van der Waals surface area contributed by atoms with E-state index in [2.05, 4.69) is 167 Å². The molecule has 1 unspecified atom stereocenters. The fourth-order valence-corrected chi connectivity index (χ4v) is 8.29. The number of hydrogen-bond donors (Lipinski definition) is 0. The van der Waals surface area contributed by atoms with Crippen molar-refractivity contribution in [2.75, 3.05) is 13.2 Å². The van der Waals surface area contributed by atoms with Gasteiger partial charge in [-0.05, 0) is 135 Å². The maximum atomic E-state index is 12.9. The molecule has 0 spiro atoms. The van der Waals surface area contributed by atoms with Crippen molar-refractivity contribution in [3.63, 3.8) is 0 Å². The molecule has 0 radical (unpaired) electrons. The Kier molecular flexibility index (Phi) is 61.4. The average Bonchev–Trinajstić information content (AvgIpc) is 3.45. The molecule has 1 atom stereocenters. The van der Waals surface area contributed by atoms with Gasteiger partial charge in [-0.2, -0.15) is 0 Å². The van der Waals surface area contributed by atoms with Gasteiger partial charge in [0.2, 0.25) is 0 Å². The van der Waals surface area contributed by atoms with E-state index in [-0.39, 0.29) is 31.6 Å². The topological polar surface area (TPSA) is 78.9 Å². The predicted octanol–water partition coefficient (Wildman–Crippen LogP) is 22.1. The minimum absolute atomic E-state index is 0.120. The van der Waals surface area contributed by atoms with E-state index in [1.54, 1.807) is 0 Å². The molecule has 0 aromatic carbocycles.